The molecule has 0 amide bonds. The number of nitrogens with two attached hydrogens (primary N) is 1. The fraction of sp³-hybridized carbons (Fsp3) is 0.333. The molecular weight excluding hydrogens is 236 g/mol. The van der Waals surface area contributed by atoms with Crippen molar-refractivity contribution in [3.8, 4) is 0 Å². The van der Waals surface area contributed by atoms with Gasteiger partial charge in [0.1, 0.15) is 0 Å². The number of nitrogens with zero attached hydrogens (tertiary/aromatic N) is 1. The Morgan fingerprint density at radius 1 is 1.40 bits per heavy atom. The first-order chi connectivity index (χ1) is 6.92. The standard InChI is InChI=1S/C9H11ClN2O2S/c1-12-4-6-7(5-15(12,13)14)9(11)3-2-8(6)10/h2-3H,4-5,11H2,1H3. The number of nitrogen functional groups attached to an aromatic ring is 1. The van der Waals surface area contributed by atoms with Gasteiger partial charge in [0.15, 0.2) is 0 Å². The molecule has 0 spiro atoms. The summed E-state index contributed by atoms with van der Waals surface area (Å²) in [6.45, 7) is 0.293. The molecule has 0 atom stereocenters. The summed E-state index contributed by atoms with van der Waals surface area (Å²) < 4.78 is 24.6. The maximum atomic E-state index is 11.6. The Morgan fingerprint density at radius 3 is 2.73 bits per heavy atom. The van der Waals surface area contributed by atoms with Gasteiger partial charge in [0.2, 0.25) is 10.0 Å². The monoisotopic (exact) mass is 246 g/mol. The van der Waals surface area contributed by atoms with Crippen molar-refractivity contribution >= 4 is 27.3 Å². The minimum absolute atomic E-state index is 0.0643. The summed E-state index contributed by atoms with van der Waals surface area (Å²) in [4.78, 5) is 0. The van der Waals surface area contributed by atoms with Gasteiger partial charge < -0.3 is 5.73 Å². The van der Waals surface area contributed by atoms with Gasteiger partial charge >= 0.3 is 0 Å². The predicted molar refractivity (Wildman–Crippen MR) is 60.0 cm³/mol. The zero-order chi connectivity index (χ0) is 11.2. The SMILES string of the molecule is CN1Cc2c(Cl)ccc(N)c2CS1(=O)=O. The molecule has 0 fully saturated rings. The van der Waals surface area contributed by atoms with Gasteiger partial charge in [-0.15, -0.1) is 0 Å². The molecule has 15 heavy (non-hydrogen) atoms. The second-order valence-corrected chi connectivity index (χ2v) is 6.09. The van der Waals surface area contributed by atoms with Gasteiger partial charge in [0.05, 0.1) is 5.75 Å². The fourth-order valence-electron chi connectivity index (χ4n) is 1.64. The van der Waals surface area contributed by atoms with Crippen LogP contribution in [0.2, 0.25) is 5.02 Å². The third-order valence-corrected chi connectivity index (χ3v) is 4.68. The lowest BCUT2D eigenvalue weighted by atomic mass is 10.1. The first-order valence-electron chi connectivity index (χ1n) is 4.41. The van der Waals surface area contributed by atoms with E-state index in [1.54, 1.807) is 12.1 Å². The lowest BCUT2D eigenvalue weighted by Crippen LogP contribution is -2.33. The Morgan fingerprint density at radius 2 is 2.07 bits per heavy atom. The van der Waals surface area contributed by atoms with Gasteiger partial charge in [-0.25, -0.2) is 12.7 Å². The van der Waals surface area contributed by atoms with Crippen molar-refractivity contribution in [3.05, 3.63) is 28.3 Å². The molecule has 1 aromatic rings. The number of hydrogen-bond donors (Lipinski definition) is 1. The molecule has 0 saturated heterocycles. The molecule has 1 aliphatic rings. The summed E-state index contributed by atoms with van der Waals surface area (Å²) >= 11 is 6.00. The van der Waals surface area contributed by atoms with Gasteiger partial charge in [0.25, 0.3) is 0 Å². The smallest absolute Gasteiger partial charge is 0.218 e. The zero-order valence-electron chi connectivity index (χ0n) is 8.20. The second kappa shape index (κ2) is 3.37. The van der Waals surface area contributed by atoms with Crippen LogP contribution in [-0.4, -0.2) is 19.8 Å². The molecule has 1 heterocycles. The lowest BCUT2D eigenvalue weighted by Gasteiger charge is -2.26. The lowest BCUT2D eigenvalue weighted by molar-refractivity contribution is 0.455. The van der Waals surface area contributed by atoms with E-state index in [9.17, 15) is 8.42 Å². The molecule has 0 radical (unpaired) electrons. The summed E-state index contributed by atoms with van der Waals surface area (Å²) in [6.07, 6.45) is 0. The molecule has 2 N–H and O–H groups in total. The molecule has 4 nitrogen and oxygen atoms in total. The Labute approximate surface area is 93.7 Å². The van der Waals surface area contributed by atoms with E-state index in [1.165, 1.54) is 11.4 Å². The Bertz CT molecular complexity index is 513. The highest BCUT2D eigenvalue weighted by atomic mass is 35.5. The van der Waals surface area contributed by atoms with Crippen molar-refractivity contribution in [3.63, 3.8) is 0 Å². The van der Waals surface area contributed by atoms with Crippen molar-refractivity contribution in [2.24, 2.45) is 0 Å². The first kappa shape index (κ1) is 10.7. The van der Waals surface area contributed by atoms with E-state index in [1.807, 2.05) is 0 Å². The van der Waals surface area contributed by atoms with Crippen molar-refractivity contribution in [2.45, 2.75) is 12.3 Å². The molecule has 0 saturated carbocycles. The van der Waals surface area contributed by atoms with E-state index in [0.717, 1.165) is 5.56 Å². The summed E-state index contributed by atoms with van der Waals surface area (Å²) in [5.41, 5.74) is 7.68. The number of benzene rings is 1. The molecular formula is C9H11ClN2O2S. The van der Waals surface area contributed by atoms with Gasteiger partial charge in [-0.3, -0.25) is 0 Å². The molecule has 6 heteroatoms. The van der Waals surface area contributed by atoms with E-state index in [-0.39, 0.29) is 5.75 Å². The van der Waals surface area contributed by atoms with E-state index in [4.69, 9.17) is 17.3 Å². The van der Waals surface area contributed by atoms with Gasteiger partial charge in [-0.05, 0) is 23.3 Å². The number of halogens is 1. The van der Waals surface area contributed by atoms with Crippen LogP contribution in [0.3, 0.4) is 0 Å². The van der Waals surface area contributed by atoms with Gasteiger partial charge in [0, 0.05) is 24.3 Å². The topological polar surface area (TPSA) is 63.4 Å². The maximum Gasteiger partial charge on any atom is 0.218 e. The van der Waals surface area contributed by atoms with E-state index >= 15 is 0 Å². The highest BCUT2D eigenvalue weighted by molar-refractivity contribution is 7.88. The van der Waals surface area contributed by atoms with Gasteiger partial charge in [-0.1, -0.05) is 11.6 Å². The molecule has 82 valence electrons. The molecule has 0 bridgehead atoms. The summed E-state index contributed by atoms with van der Waals surface area (Å²) in [6, 6.07) is 3.34. The second-order valence-electron chi connectivity index (χ2n) is 3.61. The first-order valence-corrected chi connectivity index (χ1v) is 6.40. The zero-order valence-corrected chi connectivity index (χ0v) is 9.77. The summed E-state index contributed by atoms with van der Waals surface area (Å²) in [5.74, 6) is -0.0643. The molecule has 0 aromatic heterocycles. The number of sulfonamides is 1. The van der Waals surface area contributed by atoms with Crippen LogP contribution in [0.15, 0.2) is 12.1 Å². The van der Waals surface area contributed by atoms with Crippen LogP contribution >= 0.6 is 11.6 Å². The van der Waals surface area contributed by atoms with Crippen molar-refractivity contribution < 1.29 is 8.42 Å². The highest BCUT2D eigenvalue weighted by Gasteiger charge is 2.29. The van der Waals surface area contributed by atoms with Crippen LogP contribution in [0.25, 0.3) is 0 Å². The van der Waals surface area contributed by atoms with E-state index < -0.39 is 10.0 Å². The predicted octanol–water partition coefficient (Wildman–Crippen LogP) is 1.20. The third-order valence-electron chi connectivity index (χ3n) is 2.59. The van der Waals surface area contributed by atoms with Crippen LogP contribution in [0.5, 0.6) is 0 Å². The minimum atomic E-state index is -3.22. The van der Waals surface area contributed by atoms with E-state index in [0.29, 0.717) is 22.8 Å². The van der Waals surface area contributed by atoms with Crippen LogP contribution in [0, 0.1) is 0 Å². The minimum Gasteiger partial charge on any atom is -0.398 e. The van der Waals surface area contributed by atoms with Crippen LogP contribution in [-0.2, 0) is 22.3 Å². The number of fused-ring (bicyclic) bond motifs is 1. The fourth-order valence-corrected chi connectivity index (χ4v) is 3.13. The highest BCUT2D eigenvalue weighted by Crippen LogP contribution is 2.32. The number of hydrogen-bond acceptors (Lipinski definition) is 3. The van der Waals surface area contributed by atoms with Gasteiger partial charge in [-0.2, -0.15) is 0 Å². The molecule has 0 aliphatic carbocycles. The quantitative estimate of drug-likeness (QED) is 0.700. The third kappa shape index (κ3) is 1.71. The summed E-state index contributed by atoms with van der Waals surface area (Å²) in [7, 11) is -1.68. The van der Waals surface area contributed by atoms with Crippen LogP contribution in [0.4, 0.5) is 5.69 Å². The van der Waals surface area contributed by atoms with Crippen molar-refractivity contribution in [1.29, 1.82) is 0 Å². The average molecular weight is 247 g/mol. The van der Waals surface area contributed by atoms with Crippen LogP contribution in [0.1, 0.15) is 11.1 Å². The molecule has 0 unspecified atom stereocenters. The Balaban J connectivity index is 2.64. The molecule has 1 aliphatic heterocycles. The number of rotatable bonds is 0. The Hall–Kier alpha value is -0.780. The van der Waals surface area contributed by atoms with Crippen molar-refractivity contribution in [2.75, 3.05) is 12.8 Å². The van der Waals surface area contributed by atoms with Crippen molar-refractivity contribution in [1.82, 2.24) is 4.31 Å². The molecule has 1 aromatic carbocycles. The van der Waals surface area contributed by atoms with E-state index in [2.05, 4.69) is 0 Å². The normalized spacial score (nSPS) is 19.9. The maximum absolute atomic E-state index is 11.6. The largest absolute Gasteiger partial charge is 0.398 e. The molecule has 2 rings (SSSR count). The number of anilines is 1. The van der Waals surface area contributed by atoms with Crippen LogP contribution < -0.4 is 5.73 Å². The Kier molecular flexibility index (Phi) is 2.41. The summed E-state index contributed by atoms with van der Waals surface area (Å²) in [5, 5.41) is 0.570. The average Bonchev–Trinajstić information content (AvgIpc) is 2.15.